The minimum Gasteiger partial charge on any atom is -0.356 e. The van der Waals surface area contributed by atoms with Crippen molar-refractivity contribution in [2.24, 2.45) is 4.99 Å². The number of aliphatic imine (C=N–C) groups is 1. The molecule has 0 spiro atoms. The van der Waals surface area contributed by atoms with Gasteiger partial charge >= 0.3 is 0 Å². The van der Waals surface area contributed by atoms with Crippen molar-refractivity contribution in [1.29, 1.82) is 0 Å². The van der Waals surface area contributed by atoms with Crippen LogP contribution in [0.15, 0.2) is 59.6 Å². The number of halogens is 1. The highest BCUT2D eigenvalue weighted by atomic mass is 127. The van der Waals surface area contributed by atoms with Crippen LogP contribution in [0.4, 0.5) is 0 Å². The molecule has 1 unspecified atom stereocenters. The van der Waals surface area contributed by atoms with Crippen LogP contribution in [-0.2, 0) is 6.54 Å². The van der Waals surface area contributed by atoms with E-state index in [-0.39, 0.29) is 29.9 Å². The van der Waals surface area contributed by atoms with E-state index in [1.165, 1.54) is 12.0 Å². The SMILES string of the molecule is CN=C(NCc1ccc(C(=O)N2CCCCC2)cc1)NCC(C)c1ccccc1.I. The smallest absolute Gasteiger partial charge is 0.253 e. The number of nitrogens with zero attached hydrogens (tertiary/aromatic N) is 2. The maximum absolute atomic E-state index is 12.6. The Morgan fingerprint density at radius 3 is 2.30 bits per heavy atom. The Morgan fingerprint density at radius 1 is 1.00 bits per heavy atom. The van der Waals surface area contributed by atoms with Crippen LogP contribution in [0.25, 0.3) is 0 Å². The minimum atomic E-state index is 0. The van der Waals surface area contributed by atoms with E-state index in [1.807, 2.05) is 35.2 Å². The van der Waals surface area contributed by atoms with Crippen LogP contribution < -0.4 is 10.6 Å². The molecule has 1 atom stereocenters. The van der Waals surface area contributed by atoms with Gasteiger partial charge in [-0.3, -0.25) is 9.79 Å². The Morgan fingerprint density at radius 2 is 1.67 bits per heavy atom. The largest absolute Gasteiger partial charge is 0.356 e. The molecule has 1 saturated heterocycles. The number of carbonyl (C=O) groups is 1. The Hall–Kier alpha value is -2.09. The number of hydrogen-bond donors (Lipinski definition) is 2. The molecule has 162 valence electrons. The maximum atomic E-state index is 12.6. The average molecular weight is 520 g/mol. The quantitative estimate of drug-likeness (QED) is 0.338. The molecule has 0 aliphatic carbocycles. The summed E-state index contributed by atoms with van der Waals surface area (Å²) >= 11 is 0. The van der Waals surface area contributed by atoms with Gasteiger partial charge < -0.3 is 15.5 Å². The second kappa shape index (κ2) is 12.6. The van der Waals surface area contributed by atoms with Crippen molar-refractivity contribution in [3.05, 3.63) is 71.3 Å². The van der Waals surface area contributed by atoms with Crippen LogP contribution in [0.3, 0.4) is 0 Å². The highest BCUT2D eigenvalue weighted by molar-refractivity contribution is 14.0. The molecule has 0 bridgehead atoms. The number of rotatable bonds is 6. The first kappa shape index (κ1) is 24.2. The average Bonchev–Trinajstić information content (AvgIpc) is 2.80. The minimum absolute atomic E-state index is 0. The summed E-state index contributed by atoms with van der Waals surface area (Å²) in [6.07, 6.45) is 3.46. The van der Waals surface area contributed by atoms with Crippen LogP contribution in [0.2, 0.25) is 0 Å². The van der Waals surface area contributed by atoms with Gasteiger partial charge in [-0.1, -0.05) is 49.4 Å². The van der Waals surface area contributed by atoms with E-state index < -0.39 is 0 Å². The Balaban J connectivity index is 0.00000320. The molecule has 2 N–H and O–H groups in total. The van der Waals surface area contributed by atoms with Crippen molar-refractivity contribution in [3.63, 3.8) is 0 Å². The van der Waals surface area contributed by atoms with Gasteiger partial charge in [0.05, 0.1) is 0 Å². The van der Waals surface area contributed by atoms with E-state index >= 15 is 0 Å². The molecule has 1 aliphatic rings. The number of benzene rings is 2. The number of nitrogens with one attached hydrogen (secondary N) is 2. The Kier molecular flexibility index (Phi) is 10.1. The summed E-state index contributed by atoms with van der Waals surface area (Å²) in [4.78, 5) is 18.8. The fraction of sp³-hybridized carbons (Fsp3) is 0.417. The summed E-state index contributed by atoms with van der Waals surface area (Å²) in [5.74, 6) is 1.33. The molecule has 0 radical (unpaired) electrons. The van der Waals surface area contributed by atoms with Gasteiger partial charge in [0.25, 0.3) is 5.91 Å². The van der Waals surface area contributed by atoms with Crippen molar-refractivity contribution in [1.82, 2.24) is 15.5 Å². The van der Waals surface area contributed by atoms with Crippen molar-refractivity contribution in [3.8, 4) is 0 Å². The van der Waals surface area contributed by atoms with Crippen LogP contribution in [-0.4, -0.2) is 43.4 Å². The van der Waals surface area contributed by atoms with Crippen molar-refractivity contribution >= 4 is 35.8 Å². The standard InChI is InChI=1S/C24H32N4O.HI/c1-19(21-9-5-3-6-10-21)17-26-24(25-2)27-18-20-11-13-22(14-12-20)23(29)28-15-7-4-8-16-28;/h3,5-6,9-14,19H,4,7-8,15-18H2,1-2H3,(H2,25,26,27);1H. The summed E-state index contributed by atoms with van der Waals surface area (Å²) in [6, 6.07) is 18.4. The van der Waals surface area contributed by atoms with Gasteiger partial charge in [-0.2, -0.15) is 0 Å². The van der Waals surface area contributed by atoms with E-state index in [4.69, 9.17) is 0 Å². The third-order valence-electron chi connectivity index (χ3n) is 5.47. The zero-order chi connectivity index (χ0) is 20.5. The van der Waals surface area contributed by atoms with Gasteiger partial charge in [0.1, 0.15) is 0 Å². The topological polar surface area (TPSA) is 56.7 Å². The summed E-state index contributed by atoms with van der Waals surface area (Å²) in [7, 11) is 1.78. The van der Waals surface area contributed by atoms with Crippen LogP contribution >= 0.6 is 24.0 Å². The molecule has 0 saturated carbocycles. The molecule has 1 aliphatic heterocycles. The molecule has 6 heteroatoms. The molecule has 30 heavy (non-hydrogen) atoms. The molecule has 1 fully saturated rings. The van der Waals surface area contributed by atoms with Crippen molar-refractivity contribution in [2.45, 2.75) is 38.6 Å². The second-order valence-electron chi connectivity index (χ2n) is 7.67. The normalized spacial score (nSPS) is 15.1. The monoisotopic (exact) mass is 520 g/mol. The molecule has 3 rings (SSSR count). The number of likely N-dealkylation sites (tertiary alicyclic amines) is 1. The lowest BCUT2D eigenvalue weighted by Crippen LogP contribution is -2.38. The fourth-order valence-corrected chi connectivity index (χ4v) is 3.60. The first-order valence-corrected chi connectivity index (χ1v) is 10.5. The summed E-state index contributed by atoms with van der Waals surface area (Å²) < 4.78 is 0. The molecular weight excluding hydrogens is 487 g/mol. The second-order valence-corrected chi connectivity index (χ2v) is 7.67. The number of amides is 1. The predicted molar refractivity (Wildman–Crippen MR) is 135 cm³/mol. The van der Waals surface area contributed by atoms with Crippen molar-refractivity contribution < 1.29 is 4.79 Å². The zero-order valence-electron chi connectivity index (χ0n) is 17.9. The number of guanidine groups is 1. The summed E-state index contributed by atoms with van der Waals surface area (Å²) in [6.45, 7) is 5.44. The van der Waals surface area contributed by atoms with Gasteiger partial charge in [-0.25, -0.2) is 0 Å². The van der Waals surface area contributed by atoms with Gasteiger partial charge in [-0.15, -0.1) is 24.0 Å². The molecule has 2 aromatic carbocycles. The van der Waals surface area contributed by atoms with Crippen LogP contribution in [0.5, 0.6) is 0 Å². The Labute approximate surface area is 197 Å². The van der Waals surface area contributed by atoms with E-state index in [1.54, 1.807) is 7.05 Å². The lowest BCUT2D eigenvalue weighted by atomic mass is 10.0. The highest BCUT2D eigenvalue weighted by Gasteiger charge is 2.17. The van der Waals surface area contributed by atoms with E-state index in [0.29, 0.717) is 12.5 Å². The predicted octanol–water partition coefficient (Wildman–Crippen LogP) is 4.40. The Bertz CT molecular complexity index is 802. The van der Waals surface area contributed by atoms with Gasteiger partial charge in [0, 0.05) is 38.8 Å². The maximum Gasteiger partial charge on any atom is 0.253 e. The summed E-state index contributed by atoms with van der Waals surface area (Å²) in [5, 5.41) is 6.74. The zero-order valence-corrected chi connectivity index (χ0v) is 20.3. The summed E-state index contributed by atoms with van der Waals surface area (Å²) in [5.41, 5.74) is 3.21. The fourth-order valence-electron chi connectivity index (χ4n) is 3.60. The third kappa shape index (κ3) is 7.00. The van der Waals surface area contributed by atoms with Gasteiger partial charge in [0.15, 0.2) is 5.96 Å². The molecule has 1 amide bonds. The van der Waals surface area contributed by atoms with Gasteiger partial charge in [-0.05, 0) is 48.4 Å². The first-order chi connectivity index (χ1) is 14.2. The van der Waals surface area contributed by atoms with Crippen LogP contribution in [0.1, 0.15) is 53.6 Å². The number of carbonyl (C=O) groups excluding carboxylic acids is 1. The van der Waals surface area contributed by atoms with E-state index in [0.717, 1.165) is 49.6 Å². The van der Waals surface area contributed by atoms with E-state index in [9.17, 15) is 4.79 Å². The molecule has 1 heterocycles. The molecule has 5 nitrogen and oxygen atoms in total. The number of hydrogen-bond acceptors (Lipinski definition) is 2. The first-order valence-electron chi connectivity index (χ1n) is 10.5. The number of piperidine rings is 1. The lowest BCUT2D eigenvalue weighted by molar-refractivity contribution is 0.0724. The highest BCUT2D eigenvalue weighted by Crippen LogP contribution is 2.14. The molecule has 0 aromatic heterocycles. The molecular formula is C24H33IN4O. The lowest BCUT2D eigenvalue weighted by Gasteiger charge is -2.26. The van der Waals surface area contributed by atoms with E-state index in [2.05, 4.69) is 46.8 Å². The third-order valence-corrected chi connectivity index (χ3v) is 5.47. The van der Waals surface area contributed by atoms with Crippen molar-refractivity contribution in [2.75, 3.05) is 26.7 Å². The van der Waals surface area contributed by atoms with Gasteiger partial charge in [0.2, 0.25) is 0 Å². The van der Waals surface area contributed by atoms with Crippen LogP contribution in [0, 0.1) is 0 Å². The molecule has 2 aromatic rings.